The number of aryl methyl sites for hydroxylation is 1. The molecule has 24 heavy (non-hydrogen) atoms. The van der Waals surface area contributed by atoms with E-state index in [-0.39, 0.29) is 30.5 Å². The average Bonchev–Trinajstić information content (AvgIpc) is 2.86. The topological polar surface area (TPSA) is 72.8 Å². The van der Waals surface area contributed by atoms with E-state index in [2.05, 4.69) is 0 Å². The maximum absolute atomic E-state index is 12.6. The van der Waals surface area contributed by atoms with Crippen LogP contribution in [0.4, 0.5) is 0 Å². The molecule has 0 radical (unpaired) electrons. The van der Waals surface area contributed by atoms with E-state index < -0.39 is 17.9 Å². The lowest BCUT2D eigenvalue weighted by Gasteiger charge is -2.27. The van der Waals surface area contributed by atoms with Crippen molar-refractivity contribution in [1.29, 1.82) is 0 Å². The van der Waals surface area contributed by atoms with Gasteiger partial charge in [-0.05, 0) is 37.5 Å². The fraction of sp³-hybridized carbons (Fsp3) is 0.368. The highest BCUT2D eigenvalue weighted by atomic mass is 16.5. The van der Waals surface area contributed by atoms with Gasteiger partial charge in [-0.2, -0.15) is 0 Å². The van der Waals surface area contributed by atoms with Gasteiger partial charge in [-0.3, -0.25) is 0 Å². The quantitative estimate of drug-likeness (QED) is 0.863. The first kappa shape index (κ1) is 16.3. The number of carbonyl (C=O) groups excluding carboxylic acids is 2. The Bertz CT molecular complexity index is 770. The van der Waals surface area contributed by atoms with Gasteiger partial charge in [0, 0.05) is 6.42 Å². The lowest BCUT2D eigenvalue weighted by atomic mass is 9.76. The van der Waals surface area contributed by atoms with E-state index in [1.807, 2.05) is 31.2 Å². The second kappa shape index (κ2) is 6.15. The monoisotopic (exact) mass is 328 g/mol. The maximum Gasteiger partial charge on any atom is 0.338 e. The molecule has 0 spiro atoms. The third kappa shape index (κ3) is 2.70. The van der Waals surface area contributed by atoms with Gasteiger partial charge in [0.15, 0.2) is 0 Å². The Morgan fingerprint density at radius 2 is 2.04 bits per heavy atom. The molecule has 3 rings (SSSR count). The lowest BCUT2D eigenvalue weighted by molar-refractivity contribution is -0.143. The molecule has 0 bridgehead atoms. The number of aliphatic hydroxyl groups excluding tert-OH is 1. The van der Waals surface area contributed by atoms with Crippen molar-refractivity contribution in [3.8, 4) is 0 Å². The van der Waals surface area contributed by atoms with E-state index >= 15 is 0 Å². The van der Waals surface area contributed by atoms with Crippen molar-refractivity contribution < 1.29 is 24.2 Å². The van der Waals surface area contributed by atoms with Crippen molar-refractivity contribution in [2.75, 3.05) is 6.61 Å². The average molecular weight is 328 g/mol. The summed E-state index contributed by atoms with van der Waals surface area (Å²) in [6, 6.07) is 7.50. The van der Waals surface area contributed by atoms with Crippen molar-refractivity contribution in [3.05, 3.63) is 57.9 Å². The largest absolute Gasteiger partial charge is 0.511 e. The predicted octanol–water partition coefficient (Wildman–Crippen LogP) is 3.10. The first-order valence-electron chi connectivity index (χ1n) is 7.97. The van der Waals surface area contributed by atoms with Crippen molar-refractivity contribution in [2.24, 2.45) is 0 Å². The number of ether oxygens (including phenoxy) is 2. The van der Waals surface area contributed by atoms with Gasteiger partial charge in [-0.15, -0.1) is 0 Å². The van der Waals surface area contributed by atoms with E-state index in [0.29, 0.717) is 5.57 Å². The summed E-state index contributed by atoms with van der Waals surface area (Å²) in [5.74, 6) is -1.73. The van der Waals surface area contributed by atoms with Gasteiger partial charge < -0.3 is 14.6 Å². The minimum Gasteiger partial charge on any atom is -0.511 e. The van der Waals surface area contributed by atoms with Crippen LogP contribution in [-0.4, -0.2) is 29.8 Å². The Labute approximate surface area is 140 Å². The van der Waals surface area contributed by atoms with Crippen molar-refractivity contribution in [1.82, 2.24) is 0 Å². The normalized spacial score (nSPS) is 20.3. The fourth-order valence-corrected chi connectivity index (χ4v) is 3.26. The molecule has 0 amide bonds. The number of benzene rings is 1. The molecular weight excluding hydrogens is 308 g/mol. The van der Waals surface area contributed by atoms with Crippen molar-refractivity contribution >= 4 is 11.9 Å². The van der Waals surface area contributed by atoms with Gasteiger partial charge >= 0.3 is 11.9 Å². The Balaban J connectivity index is 2.15. The minimum absolute atomic E-state index is 0.0500. The third-order valence-electron chi connectivity index (χ3n) is 4.31. The van der Waals surface area contributed by atoms with E-state index in [9.17, 15) is 14.7 Å². The summed E-state index contributed by atoms with van der Waals surface area (Å²) in [4.78, 5) is 24.9. The zero-order valence-electron chi connectivity index (χ0n) is 14.0. The Morgan fingerprint density at radius 1 is 1.33 bits per heavy atom. The number of hydrogen-bond acceptors (Lipinski definition) is 5. The summed E-state index contributed by atoms with van der Waals surface area (Å²) >= 11 is 0. The Kier molecular flexibility index (Phi) is 4.18. The lowest BCUT2D eigenvalue weighted by Crippen LogP contribution is -2.26. The van der Waals surface area contributed by atoms with Gasteiger partial charge in [0.2, 0.25) is 0 Å². The van der Waals surface area contributed by atoms with E-state index in [1.165, 1.54) is 0 Å². The van der Waals surface area contributed by atoms with E-state index in [1.54, 1.807) is 13.8 Å². The molecule has 0 saturated heterocycles. The molecule has 0 fully saturated rings. The zero-order chi connectivity index (χ0) is 17.4. The van der Waals surface area contributed by atoms with Gasteiger partial charge in [-0.25, -0.2) is 9.59 Å². The summed E-state index contributed by atoms with van der Waals surface area (Å²) in [6.45, 7) is 5.56. The van der Waals surface area contributed by atoms with Gasteiger partial charge in [0.1, 0.15) is 12.4 Å². The number of esters is 2. The van der Waals surface area contributed by atoms with E-state index in [4.69, 9.17) is 9.47 Å². The highest BCUT2D eigenvalue weighted by Crippen LogP contribution is 2.45. The number of rotatable bonds is 3. The fourth-order valence-electron chi connectivity index (χ4n) is 3.26. The standard InChI is InChI=1S/C19H20O5/c1-10(2)24-19(22)17-14(20)8-12-9-23-18(21)15(12)16(17)13-7-5-4-6-11(13)3/h4-7,10,16,20H,8-9H2,1-3H3. The Hall–Kier alpha value is -2.56. The Morgan fingerprint density at radius 3 is 2.71 bits per heavy atom. The van der Waals surface area contributed by atoms with Crippen LogP contribution >= 0.6 is 0 Å². The molecule has 1 atom stereocenters. The van der Waals surface area contributed by atoms with Crippen LogP contribution in [-0.2, 0) is 19.1 Å². The highest BCUT2D eigenvalue weighted by Gasteiger charge is 2.43. The molecule has 1 unspecified atom stereocenters. The second-order valence-corrected chi connectivity index (χ2v) is 6.37. The number of cyclic esters (lactones) is 1. The van der Waals surface area contributed by atoms with Crippen LogP contribution in [0.25, 0.3) is 0 Å². The molecule has 1 aromatic carbocycles. The van der Waals surface area contributed by atoms with Crippen LogP contribution in [0.5, 0.6) is 0 Å². The van der Waals surface area contributed by atoms with E-state index in [0.717, 1.165) is 16.7 Å². The van der Waals surface area contributed by atoms with Crippen LogP contribution in [0, 0.1) is 6.92 Å². The maximum atomic E-state index is 12.6. The van der Waals surface area contributed by atoms with Crippen LogP contribution < -0.4 is 0 Å². The molecule has 0 aromatic heterocycles. The summed E-state index contributed by atoms with van der Waals surface area (Å²) < 4.78 is 10.5. The van der Waals surface area contributed by atoms with Gasteiger partial charge in [-0.1, -0.05) is 24.3 Å². The van der Waals surface area contributed by atoms with Crippen LogP contribution in [0.2, 0.25) is 0 Å². The smallest absolute Gasteiger partial charge is 0.338 e. The molecule has 1 N–H and O–H groups in total. The van der Waals surface area contributed by atoms with Crippen molar-refractivity contribution in [3.63, 3.8) is 0 Å². The second-order valence-electron chi connectivity index (χ2n) is 6.37. The zero-order valence-corrected chi connectivity index (χ0v) is 14.0. The van der Waals surface area contributed by atoms with Crippen LogP contribution in [0.1, 0.15) is 37.3 Å². The molecule has 5 nitrogen and oxygen atoms in total. The number of aliphatic hydroxyl groups is 1. The molecule has 1 heterocycles. The first-order valence-corrected chi connectivity index (χ1v) is 7.97. The molecule has 0 saturated carbocycles. The molecule has 2 aliphatic rings. The molecule has 1 aliphatic heterocycles. The summed E-state index contributed by atoms with van der Waals surface area (Å²) in [5, 5.41) is 10.5. The summed E-state index contributed by atoms with van der Waals surface area (Å²) in [6.07, 6.45) is -0.173. The third-order valence-corrected chi connectivity index (χ3v) is 4.31. The molecular formula is C19H20O5. The number of hydrogen-bond donors (Lipinski definition) is 1. The first-order chi connectivity index (χ1) is 11.4. The van der Waals surface area contributed by atoms with Crippen LogP contribution in [0.3, 0.4) is 0 Å². The van der Waals surface area contributed by atoms with Crippen molar-refractivity contribution in [2.45, 2.75) is 39.2 Å². The van der Waals surface area contributed by atoms with Crippen LogP contribution in [0.15, 0.2) is 46.7 Å². The molecule has 1 aliphatic carbocycles. The molecule has 1 aromatic rings. The molecule has 126 valence electrons. The number of allylic oxidation sites excluding steroid dienone is 1. The SMILES string of the molecule is Cc1ccccc1C1C(C(=O)OC(C)C)=C(O)CC2=C1C(=O)OC2. The molecule has 5 heteroatoms. The number of carbonyl (C=O) groups is 2. The van der Waals surface area contributed by atoms with Gasteiger partial charge in [0.05, 0.1) is 23.2 Å². The summed E-state index contributed by atoms with van der Waals surface area (Å²) in [5.41, 5.74) is 3.05. The van der Waals surface area contributed by atoms with Gasteiger partial charge in [0.25, 0.3) is 0 Å². The summed E-state index contributed by atoms with van der Waals surface area (Å²) in [7, 11) is 0. The predicted molar refractivity (Wildman–Crippen MR) is 87.4 cm³/mol. The minimum atomic E-state index is -0.656. The highest BCUT2D eigenvalue weighted by molar-refractivity contribution is 6.01.